The van der Waals surface area contributed by atoms with E-state index in [1.54, 1.807) is 14.2 Å². The molecule has 0 saturated carbocycles. The molecule has 1 aromatic carbocycles. The number of aryl methyl sites for hydroxylation is 1. The van der Waals surface area contributed by atoms with Crippen molar-refractivity contribution in [2.45, 2.75) is 18.8 Å². The van der Waals surface area contributed by atoms with E-state index in [9.17, 15) is 4.79 Å². The second-order valence-electron chi connectivity index (χ2n) is 6.75. The monoisotopic (exact) mass is 354 g/mol. The van der Waals surface area contributed by atoms with Gasteiger partial charge in [-0.05, 0) is 41.8 Å². The molecule has 1 aliphatic heterocycles. The molecule has 138 valence electrons. The second-order valence-corrected chi connectivity index (χ2v) is 6.75. The Kier molecular flexibility index (Phi) is 6.23. The molecule has 0 N–H and O–H groups in total. The minimum Gasteiger partial charge on any atom is -0.497 e. The fourth-order valence-electron chi connectivity index (χ4n) is 3.68. The van der Waals surface area contributed by atoms with E-state index >= 15 is 0 Å². The van der Waals surface area contributed by atoms with E-state index in [2.05, 4.69) is 4.98 Å². The van der Waals surface area contributed by atoms with Crippen LogP contribution in [0.15, 0.2) is 48.8 Å². The summed E-state index contributed by atoms with van der Waals surface area (Å²) >= 11 is 0. The molecule has 3 rings (SSSR count). The maximum absolute atomic E-state index is 12.7. The molecule has 0 aliphatic carbocycles. The van der Waals surface area contributed by atoms with Crippen molar-refractivity contribution in [1.82, 2.24) is 9.88 Å². The zero-order valence-electron chi connectivity index (χ0n) is 15.4. The first-order chi connectivity index (χ1) is 12.7. The molecule has 1 fully saturated rings. The van der Waals surface area contributed by atoms with Gasteiger partial charge >= 0.3 is 0 Å². The summed E-state index contributed by atoms with van der Waals surface area (Å²) < 4.78 is 10.6. The van der Waals surface area contributed by atoms with Crippen LogP contribution in [0, 0.1) is 5.92 Å². The average Bonchev–Trinajstić information content (AvgIpc) is 3.11. The lowest BCUT2D eigenvalue weighted by Gasteiger charge is -2.17. The maximum Gasteiger partial charge on any atom is 0.222 e. The van der Waals surface area contributed by atoms with Crippen LogP contribution in [-0.2, 0) is 16.0 Å². The quantitative estimate of drug-likeness (QED) is 0.767. The van der Waals surface area contributed by atoms with Gasteiger partial charge in [-0.25, -0.2) is 0 Å². The Morgan fingerprint density at radius 1 is 1.19 bits per heavy atom. The molecule has 5 heteroatoms. The van der Waals surface area contributed by atoms with E-state index in [1.165, 1.54) is 5.56 Å². The van der Waals surface area contributed by atoms with E-state index in [-0.39, 0.29) is 5.91 Å². The Morgan fingerprint density at radius 2 is 2.00 bits per heavy atom. The molecule has 26 heavy (non-hydrogen) atoms. The predicted molar refractivity (Wildman–Crippen MR) is 100 cm³/mol. The molecule has 0 spiro atoms. The van der Waals surface area contributed by atoms with Crippen LogP contribution in [0.1, 0.15) is 23.5 Å². The maximum atomic E-state index is 12.7. The molecule has 1 aliphatic rings. The van der Waals surface area contributed by atoms with Crippen LogP contribution in [0.5, 0.6) is 5.75 Å². The van der Waals surface area contributed by atoms with E-state index in [0.717, 1.165) is 30.8 Å². The van der Waals surface area contributed by atoms with Gasteiger partial charge in [0.1, 0.15) is 5.75 Å². The molecule has 1 amide bonds. The van der Waals surface area contributed by atoms with E-state index in [0.29, 0.717) is 24.9 Å². The zero-order chi connectivity index (χ0) is 18.4. The first-order valence-electron chi connectivity index (χ1n) is 9.01. The molecule has 0 unspecified atom stereocenters. The molecule has 1 aromatic heterocycles. The van der Waals surface area contributed by atoms with E-state index in [1.807, 2.05) is 53.7 Å². The Hall–Kier alpha value is -2.40. The van der Waals surface area contributed by atoms with Crippen molar-refractivity contribution in [3.8, 4) is 5.75 Å². The number of aromatic nitrogens is 1. The minimum absolute atomic E-state index is 0.200. The van der Waals surface area contributed by atoms with Crippen LogP contribution in [-0.4, -0.2) is 49.7 Å². The smallest absolute Gasteiger partial charge is 0.222 e. The number of rotatable bonds is 7. The number of nitrogens with zero attached hydrogens (tertiary/aromatic N) is 2. The third-order valence-electron chi connectivity index (χ3n) is 5.07. The van der Waals surface area contributed by atoms with Crippen molar-refractivity contribution in [1.29, 1.82) is 0 Å². The van der Waals surface area contributed by atoms with Crippen LogP contribution in [0.25, 0.3) is 0 Å². The highest BCUT2D eigenvalue weighted by atomic mass is 16.5. The van der Waals surface area contributed by atoms with Gasteiger partial charge in [-0.2, -0.15) is 0 Å². The summed E-state index contributed by atoms with van der Waals surface area (Å²) in [5.41, 5.74) is 2.35. The largest absolute Gasteiger partial charge is 0.497 e. The Labute approximate surface area is 155 Å². The third-order valence-corrected chi connectivity index (χ3v) is 5.07. The topological polar surface area (TPSA) is 51.7 Å². The van der Waals surface area contributed by atoms with Gasteiger partial charge in [-0.15, -0.1) is 0 Å². The lowest BCUT2D eigenvalue weighted by Crippen LogP contribution is -2.29. The molecule has 0 bridgehead atoms. The van der Waals surface area contributed by atoms with Crippen LogP contribution in [0.4, 0.5) is 0 Å². The lowest BCUT2D eigenvalue weighted by atomic mass is 9.90. The van der Waals surface area contributed by atoms with Crippen LogP contribution >= 0.6 is 0 Å². The summed E-state index contributed by atoms with van der Waals surface area (Å²) in [5.74, 6) is 1.65. The number of methoxy groups -OCH3 is 2. The highest BCUT2D eigenvalue weighted by molar-refractivity contribution is 5.77. The van der Waals surface area contributed by atoms with Gasteiger partial charge in [-0.3, -0.25) is 9.78 Å². The van der Waals surface area contributed by atoms with Crippen LogP contribution in [0.2, 0.25) is 0 Å². The number of carbonyl (C=O) groups is 1. The fraction of sp³-hybridized carbons (Fsp3) is 0.429. The number of pyridine rings is 1. The van der Waals surface area contributed by atoms with Gasteiger partial charge in [-0.1, -0.05) is 12.1 Å². The number of hydrogen-bond acceptors (Lipinski definition) is 4. The summed E-state index contributed by atoms with van der Waals surface area (Å²) in [5, 5.41) is 0. The predicted octanol–water partition coefficient (Wildman–Crippen LogP) is 2.91. The van der Waals surface area contributed by atoms with Gasteiger partial charge in [0.25, 0.3) is 0 Å². The van der Waals surface area contributed by atoms with Crippen molar-refractivity contribution in [2.24, 2.45) is 5.92 Å². The normalized spacial score (nSPS) is 19.5. The van der Waals surface area contributed by atoms with E-state index in [4.69, 9.17) is 9.47 Å². The number of ether oxygens (including phenoxy) is 2. The summed E-state index contributed by atoms with van der Waals surface area (Å²) in [6.07, 6.45) is 4.86. The van der Waals surface area contributed by atoms with Crippen molar-refractivity contribution < 1.29 is 14.3 Å². The van der Waals surface area contributed by atoms with Crippen LogP contribution < -0.4 is 4.74 Å². The number of likely N-dealkylation sites (tertiary alicyclic amines) is 1. The van der Waals surface area contributed by atoms with Crippen molar-refractivity contribution in [3.63, 3.8) is 0 Å². The molecule has 2 aromatic rings. The summed E-state index contributed by atoms with van der Waals surface area (Å²) in [7, 11) is 3.38. The molecule has 2 heterocycles. The Bertz CT molecular complexity index is 720. The Balaban J connectivity index is 1.62. The summed E-state index contributed by atoms with van der Waals surface area (Å²) in [4.78, 5) is 18.8. The van der Waals surface area contributed by atoms with Gasteiger partial charge in [0.15, 0.2) is 0 Å². The second kappa shape index (κ2) is 8.81. The van der Waals surface area contributed by atoms with Gasteiger partial charge in [0.2, 0.25) is 5.91 Å². The van der Waals surface area contributed by atoms with Gasteiger partial charge in [0.05, 0.1) is 13.7 Å². The number of hydrogen-bond donors (Lipinski definition) is 0. The van der Waals surface area contributed by atoms with Gasteiger partial charge in [0, 0.05) is 50.8 Å². The van der Waals surface area contributed by atoms with Gasteiger partial charge < -0.3 is 14.4 Å². The van der Waals surface area contributed by atoms with Crippen LogP contribution in [0.3, 0.4) is 0 Å². The Morgan fingerprint density at radius 3 is 2.73 bits per heavy atom. The third kappa shape index (κ3) is 4.41. The number of amides is 1. The molecular formula is C21H26N2O3. The lowest BCUT2D eigenvalue weighted by molar-refractivity contribution is -0.130. The molecule has 0 radical (unpaired) electrons. The first kappa shape index (κ1) is 18.4. The average molecular weight is 354 g/mol. The van der Waals surface area contributed by atoms with Crippen molar-refractivity contribution >= 4 is 5.91 Å². The van der Waals surface area contributed by atoms with E-state index < -0.39 is 0 Å². The van der Waals surface area contributed by atoms with Crippen molar-refractivity contribution in [3.05, 3.63) is 59.9 Å². The fourth-order valence-corrected chi connectivity index (χ4v) is 3.68. The molecule has 2 atom stereocenters. The minimum atomic E-state index is 0.200. The molecule has 5 nitrogen and oxygen atoms in total. The molecule has 1 saturated heterocycles. The summed E-state index contributed by atoms with van der Waals surface area (Å²) in [6, 6.07) is 12.0. The van der Waals surface area contributed by atoms with Crippen molar-refractivity contribution in [2.75, 3.05) is 33.9 Å². The highest BCUT2D eigenvalue weighted by Crippen LogP contribution is 2.33. The zero-order valence-corrected chi connectivity index (χ0v) is 15.4. The SMILES string of the molecule is COC[C@@H]1CN(C(=O)CCc2cccc(OC)c2)C[C@H]1c1ccncc1. The number of carbonyl (C=O) groups excluding carboxylic acids is 1. The molecular weight excluding hydrogens is 328 g/mol. The summed E-state index contributed by atoms with van der Waals surface area (Å²) in [6.45, 7) is 2.15. The highest BCUT2D eigenvalue weighted by Gasteiger charge is 2.35. The standard InChI is InChI=1S/C21H26N2O3/c1-25-15-18-13-23(14-20(18)17-8-10-22-11-9-17)21(24)7-6-16-4-3-5-19(12-16)26-2/h3-5,8-12,18,20H,6-7,13-15H2,1-2H3/t18-,20-/m0/s1. The number of benzene rings is 1. The first-order valence-corrected chi connectivity index (χ1v) is 9.01.